The van der Waals surface area contributed by atoms with E-state index in [1.54, 1.807) is 0 Å². The van der Waals surface area contributed by atoms with Crippen LogP contribution >= 0.6 is 0 Å². The second-order valence-electron chi connectivity index (χ2n) is 5.28. The fourth-order valence-corrected chi connectivity index (χ4v) is 2.03. The topological polar surface area (TPSA) is 59.0 Å². The van der Waals surface area contributed by atoms with Crippen molar-refractivity contribution in [2.45, 2.75) is 20.8 Å². The summed E-state index contributed by atoms with van der Waals surface area (Å²) in [6.45, 7) is 8.58. The predicted molar refractivity (Wildman–Crippen MR) is 82.0 cm³/mol. The van der Waals surface area contributed by atoms with Gasteiger partial charge in [-0.05, 0) is 37.1 Å². The third-order valence-electron chi connectivity index (χ3n) is 2.79. The minimum absolute atomic E-state index is 0.0464. The zero-order valence-electron chi connectivity index (χ0n) is 13.0. The number of aliphatic carboxylic acids is 1. The smallest absolute Gasteiger partial charge is 0.317 e. The zero-order valence-corrected chi connectivity index (χ0v) is 13.0. The van der Waals surface area contributed by atoms with Crippen molar-refractivity contribution in [3.63, 3.8) is 0 Å². The SMILES string of the molecule is CCOc1ccc(OCCN(CC(=O)O)CC(C)C)cc1. The number of nitrogens with zero attached hydrogens (tertiary/aromatic N) is 1. The van der Waals surface area contributed by atoms with Crippen LogP contribution < -0.4 is 9.47 Å². The molecule has 0 spiro atoms. The number of rotatable bonds is 10. The number of hydrogen-bond donors (Lipinski definition) is 1. The zero-order chi connectivity index (χ0) is 15.7. The second kappa shape index (κ2) is 9.23. The van der Waals surface area contributed by atoms with Crippen LogP contribution in [0.3, 0.4) is 0 Å². The molecule has 1 rings (SSSR count). The minimum atomic E-state index is -0.809. The van der Waals surface area contributed by atoms with Crippen LogP contribution in [-0.4, -0.2) is 48.8 Å². The monoisotopic (exact) mass is 295 g/mol. The Bertz CT molecular complexity index is 417. The van der Waals surface area contributed by atoms with Gasteiger partial charge in [0.1, 0.15) is 18.1 Å². The van der Waals surface area contributed by atoms with Crippen LogP contribution in [0.25, 0.3) is 0 Å². The lowest BCUT2D eigenvalue weighted by Crippen LogP contribution is -2.36. The Balaban J connectivity index is 2.39. The molecule has 1 aromatic rings. The van der Waals surface area contributed by atoms with Gasteiger partial charge in [0.25, 0.3) is 0 Å². The summed E-state index contributed by atoms with van der Waals surface area (Å²) >= 11 is 0. The summed E-state index contributed by atoms with van der Waals surface area (Å²) in [5.41, 5.74) is 0. The molecule has 0 saturated heterocycles. The molecule has 0 bridgehead atoms. The van der Waals surface area contributed by atoms with Crippen molar-refractivity contribution in [2.75, 3.05) is 32.8 Å². The van der Waals surface area contributed by atoms with E-state index >= 15 is 0 Å². The number of carboxylic acids is 1. The lowest BCUT2D eigenvalue weighted by Gasteiger charge is -2.22. The maximum atomic E-state index is 10.8. The number of benzene rings is 1. The number of ether oxygens (including phenoxy) is 2. The lowest BCUT2D eigenvalue weighted by molar-refractivity contribution is -0.138. The number of carbonyl (C=O) groups is 1. The van der Waals surface area contributed by atoms with Crippen molar-refractivity contribution in [1.82, 2.24) is 4.90 Å². The molecular formula is C16H25NO4. The molecule has 1 N–H and O–H groups in total. The molecule has 5 nitrogen and oxygen atoms in total. The van der Waals surface area contributed by atoms with Gasteiger partial charge in [0.15, 0.2) is 0 Å². The maximum absolute atomic E-state index is 10.8. The van der Waals surface area contributed by atoms with Crippen molar-refractivity contribution in [3.05, 3.63) is 24.3 Å². The molecule has 118 valence electrons. The van der Waals surface area contributed by atoms with Crippen LogP contribution in [0.4, 0.5) is 0 Å². The average molecular weight is 295 g/mol. The van der Waals surface area contributed by atoms with Gasteiger partial charge in [0.05, 0.1) is 13.2 Å². The Morgan fingerprint density at radius 2 is 1.76 bits per heavy atom. The maximum Gasteiger partial charge on any atom is 0.317 e. The van der Waals surface area contributed by atoms with Crippen LogP contribution in [0.15, 0.2) is 24.3 Å². The Morgan fingerprint density at radius 3 is 2.24 bits per heavy atom. The van der Waals surface area contributed by atoms with E-state index in [2.05, 4.69) is 13.8 Å². The van der Waals surface area contributed by atoms with Gasteiger partial charge in [0.2, 0.25) is 0 Å². The van der Waals surface area contributed by atoms with Gasteiger partial charge in [-0.15, -0.1) is 0 Å². The van der Waals surface area contributed by atoms with Gasteiger partial charge in [-0.1, -0.05) is 13.8 Å². The van der Waals surface area contributed by atoms with Crippen LogP contribution in [-0.2, 0) is 4.79 Å². The first kappa shape index (κ1) is 17.3. The molecule has 0 saturated carbocycles. The van der Waals surface area contributed by atoms with E-state index in [0.29, 0.717) is 25.7 Å². The summed E-state index contributed by atoms with van der Waals surface area (Å²) < 4.78 is 11.0. The molecule has 0 aliphatic carbocycles. The fourth-order valence-electron chi connectivity index (χ4n) is 2.03. The van der Waals surface area contributed by atoms with E-state index in [0.717, 1.165) is 18.0 Å². The molecule has 0 heterocycles. The summed E-state index contributed by atoms with van der Waals surface area (Å²) in [6, 6.07) is 7.44. The molecule has 0 aliphatic rings. The van der Waals surface area contributed by atoms with E-state index in [9.17, 15) is 4.79 Å². The van der Waals surface area contributed by atoms with Crippen molar-refractivity contribution >= 4 is 5.97 Å². The van der Waals surface area contributed by atoms with E-state index in [4.69, 9.17) is 14.6 Å². The molecule has 0 aliphatic heterocycles. The highest BCUT2D eigenvalue weighted by atomic mass is 16.5. The molecule has 0 radical (unpaired) electrons. The van der Waals surface area contributed by atoms with E-state index in [-0.39, 0.29) is 6.54 Å². The third-order valence-corrected chi connectivity index (χ3v) is 2.79. The normalized spacial score (nSPS) is 10.9. The van der Waals surface area contributed by atoms with Crippen molar-refractivity contribution < 1.29 is 19.4 Å². The Labute approximate surface area is 126 Å². The minimum Gasteiger partial charge on any atom is -0.494 e. The average Bonchev–Trinajstić information content (AvgIpc) is 2.39. The van der Waals surface area contributed by atoms with E-state index in [1.807, 2.05) is 36.1 Å². The number of carboxylic acid groups (broad SMARTS) is 1. The summed E-state index contributed by atoms with van der Waals surface area (Å²) in [6.07, 6.45) is 0. The predicted octanol–water partition coefficient (Wildman–Crippen LogP) is 2.51. The third kappa shape index (κ3) is 7.56. The Morgan fingerprint density at radius 1 is 1.19 bits per heavy atom. The summed E-state index contributed by atoms with van der Waals surface area (Å²) in [5, 5.41) is 8.90. The fraction of sp³-hybridized carbons (Fsp3) is 0.562. The molecular weight excluding hydrogens is 270 g/mol. The van der Waals surface area contributed by atoms with Crippen LogP contribution in [0.5, 0.6) is 11.5 Å². The molecule has 0 unspecified atom stereocenters. The molecule has 21 heavy (non-hydrogen) atoms. The van der Waals surface area contributed by atoms with E-state index in [1.165, 1.54) is 0 Å². The lowest BCUT2D eigenvalue weighted by atomic mass is 10.2. The number of hydrogen-bond acceptors (Lipinski definition) is 4. The Hall–Kier alpha value is -1.75. The highest BCUT2D eigenvalue weighted by Crippen LogP contribution is 2.17. The van der Waals surface area contributed by atoms with Crippen molar-refractivity contribution in [1.29, 1.82) is 0 Å². The highest BCUT2D eigenvalue weighted by molar-refractivity contribution is 5.69. The molecule has 0 amide bonds. The summed E-state index contributed by atoms with van der Waals surface area (Å²) in [5.74, 6) is 1.20. The van der Waals surface area contributed by atoms with Crippen molar-refractivity contribution in [2.24, 2.45) is 5.92 Å². The first-order valence-corrected chi connectivity index (χ1v) is 7.31. The molecule has 0 atom stereocenters. The molecule has 0 aromatic heterocycles. The molecule has 0 fully saturated rings. The van der Waals surface area contributed by atoms with Gasteiger partial charge in [0, 0.05) is 13.1 Å². The summed E-state index contributed by atoms with van der Waals surface area (Å²) in [4.78, 5) is 12.7. The first-order chi connectivity index (χ1) is 10.0. The standard InChI is InChI=1S/C16H25NO4/c1-4-20-14-5-7-15(8-6-14)21-10-9-17(11-13(2)3)12-16(18)19/h5-8,13H,4,9-12H2,1-3H3,(H,18,19). The quantitative estimate of drug-likeness (QED) is 0.718. The van der Waals surface area contributed by atoms with Gasteiger partial charge in [-0.2, -0.15) is 0 Å². The van der Waals surface area contributed by atoms with Gasteiger partial charge < -0.3 is 14.6 Å². The van der Waals surface area contributed by atoms with Gasteiger partial charge in [-0.25, -0.2) is 0 Å². The first-order valence-electron chi connectivity index (χ1n) is 7.31. The largest absolute Gasteiger partial charge is 0.494 e. The molecule has 5 heteroatoms. The van der Waals surface area contributed by atoms with Crippen molar-refractivity contribution in [3.8, 4) is 11.5 Å². The van der Waals surface area contributed by atoms with E-state index < -0.39 is 5.97 Å². The van der Waals surface area contributed by atoms with Crippen LogP contribution in [0, 0.1) is 5.92 Å². The van der Waals surface area contributed by atoms with Gasteiger partial charge in [-0.3, -0.25) is 9.69 Å². The van der Waals surface area contributed by atoms with Crippen LogP contribution in [0.2, 0.25) is 0 Å². The van der Waals surface area contributed by atoms with Gasteiger partial charge >= 0.3 is 5.97 Å². The molecule has 1 aromatic carbocycles. The highest BCUT2D eigenvalue weighted by Gasteiger charge is 2.11. The van der Waals surface area contributed by atoms with Crippen LogP contribution in [0.1, 0.15) is 20.8 Å². The second-order valence-corrected chi connectivity index (χ2v) is 5.28. The Kier molecular flexibility index (Phi) is 7.61. The summed E-state index contributed by atoms with van der Waals surface area (Å²) in [7, 11) is 0.